The lowest BCUT2D eigenvalue weighted by Gasteiger charge is -2.39. The van der Waals surface area contributed by atoms with Crippen LogP contribution in [0.15, 0.2) is 78.9 Å². The predicted molar refractivity (Wildman–Crippen MR) is 150 cm³/mol. The molecule has 9 nitrogen and oxygen atoms in total. The Morgan fingerprint density at radius 1 is 0.875 bits per heavy atom. The van der Waals surface area contributed by atoms with Crippen molar-refractivity contribution in [2.75, 3.05) is 56.0 Å². The highest BCUT2D eigenvalue weighted by Gasteiger charge is 2.35. The Bertz CT molecular complexity index is 1310. The number of hydrogen-bond donors (Lipinski definition) is 2. The largest absolute Gasteiger partial charge is 0.457 e. The van der Waals surface area contributed by atoms with Crippen LogP contribution in [-0.4, -0.2) is 79.4 Å². The molecule has 0 unspecified atom stereocenters. The summed E-state index contributed by atoms with van der Waals surface area (Å²) in [6, 6.07) is 21.9. The smallest absolute Gasteiger partial charge is 0.243 e. The molecule has 2 aliphatic heterocycles. The van der Waals surface area contributed by atoms with Gasteiger partial charge >= 0.3 is 0 Å². The number of nitrogens with one attached hydrogen (secondary N) is 2. The summed E-state index contributed by atoms with van der Waals surface area (Å²) in [7, 11) is 0. The maximum Gasteiger partial charge on any atom is 0.243 e. The lowest BCUT2D eigenvalue weighted by molar-refractivity contribution is -0.145. The standard InChI is InChI=1S/C30H32FN5O4/c31-22-6-10-24(11-7-22)35-18-16-34(17-19-35)21-29(38)36-15-14-32-30(39)27(36)20-28(37)33-23-8-12-26(13-9-23)40-25-4-2-1-3-5-25/h1-13,27H,14-21H2,(H,32,39)(H,33,37)/t27-/m0/s1. The van der Waals surface area contributed by atoms with Gasteiger partial charge in [0.1, 0.15) is 23.4 Å². The molecule has 40 heavy (non-hydrogen) atoms. The molecule has 5 rings (SSSR count). The van der Waals surface area contributed by atoms with E-state index in [4.69, 9.17) is 4.74 Å². The van der Waals surface area contributed by atoms with E-state index in [1.807, 2.05) is 35.2 Å². The highest BCUT2D eigenvalue weighted by molar-refractivity contribution is 5.97. The zero-order valence-corrected chi connectivity index (χ0v) is 22.1. The van der Waals surface area contributed by atoms with Crippen molar-refractivity contribution in [3.63, 3.8) is 0 Å². The molecule has 0 aromatic heterocycles. The summed E-state index contributed by atoms with van der Waals surface area (Å²) in [6.45, 7) is 3.62. The van der Waals surface area contributed by atoms with Crippen LogP contribution in [0.3, 0.4) is 0 Å². The zero-order valence-electron chi connectivity index (χ0n) is 22.1. The van der Waals surface area contributed by atoms with E-state index in [-0.39, 0.29) is 36.5 Å². The van der Waals surface area contributed by atoms with E-state index in [1.54, 1.807) is 36.4 Å². The molecular formula is C30H32FN5O4. The monoisotopic (exact) mass is 545 g/mol. The van der Waals surface area contributed by atoms with Gasteiger partial charge in [-0.15, -0.1) is 0 Å². The van der Waals surface area contributed by atoms with E-state index in [0.29, 0.717) is 56.5 Å². The van der Waals surface area contributed by atoms with Crippen LogP contribution in [-0.2, 0) is 14.4 Å². The second kappa shape index (κ2) is 12.6. The Kier molecular flexibility index (Phi) is 8.56. The summed E-state index contributed by atoms with van der Waals surface area (Å²) in [4.78, 5) is 44.5. The van der Waals surface area contributed by atoms with Gasteiger partial charge in [-0.1, -0.05) is 18.2 Å². The molecule has 208 valence electrons. The number of piperazine rings is 2. The average molecular weight is 546 g/mol. The third-order valence-corrected chi connectivity index (χ3v) is 7.07. The topological polar surface area (TPSA) is 94.2 Å². The Labute approximate surface area is 232 Å². The minimum atomic E-state index is -0.873. The normalized spacial score (nSPS) is 17.7. The summed E-state index contributed by atoms with van der Waals surface area (Å²) in [5.41, 5.74) is 1.52. The summed E-state index contributed by atoms with van der Waals surface area (Å²) in [5, 5.41) is 5.59. The number of nitrogens with zero attached hydrogens (tertiary/aromatic N) is 3. The van der Waals surface area contributed by atoms with Crippen LogP contribution in [0.4, 0.5) is 15.8 Å². The van der Waals surface area contributed by atoms with Crippen LogP contribution in [0.1, 0.15) is 6.42 Å². The molecule has 2 saturated heterocycles. The van der Waals surface area contributed by atoms with E-state index < -0.39 is 6.04 Å². The molecule has 0 saturated carbocycles. The molecule has 0 aliphatic carbocycles. The maximum atomic E-state index is 13.2. The number of halogens is 1. The molecule has 2 N–H and O–H groups in total. The van der Waals surface area contributed by atoms with Gasteiger partial charge < -0.3 is 25.2 Å². The predicted octanol–water partition coefficient (Wildman–Crippen LogP) is 3.10. The van der Waals surface area contributed by atoms with Crippen LogP contribution >= 0.6 is 0 Å². The van der Waals surface area contributed by atoms with E-state index >= 15 is 0 Å². The van der Waals surface area contributed by atoms with Crippen molar-refractivity contribution in [2.24, 2.45) is 0 Å². The first kappa shape index (κ1) is 27.1. The van der Waals surface area contributed by atoms with E-state index in [2.05, 4.69) is 15.5 Å². The van der Waals surface area contributed by atoms with Crippen LogP contribution in [0.25, 0.3) is 0 Å². The van der Waals surface area contributed by atoms with Gasteiger partial charge in [-0.25, -0.2) is 4.39 Å². The number of carbonyl (C=O) groups excluding carboxylic acids is 3. The number of carbonyl (C=O) groups is 3. The molecule has 10 heteroatoms. The molecule has 0 bridgehead atoms. The number of rotatable bonds is 8. The molecule has 3 aromatic rings. The molecule has 1 atom stereocenters. The Morgan fingerprint density at radius 3 is 2.25 bits per heavy atom. The number of amides is 3. The van der Waals surface area contributed by atoms with Gasteiger partial charge in [-0.3, -0.25) is 19.3 Å². The molecule has 2 fully saturated rings. The summed E-state index contributed by atoms with van der Waals surface area (Å²) < 4.78 is 19.0. The van der Waals surface area contributed by atoms with Crippen molar-refractivity contribution >= 4 is 29.1 Å². The number of hydrogen-bond acceptors (Lipinski definition) is 6. The van der Waals surface area contributed by atoms with E-state index in [1.165, 1.54) is 17.0 Å². The second-order valence-corrected chi connectivity index (χ2v) is 9.83. The average Bonchev–Trinajstić information content (AvgIpc) is 2.96. The molecule has 3 aromatic carbocycles. The second-order valence-electron chi connectivity index (χ2n) is 9.83. The summed E-state index contributed by atoms with van der Waals surface area (Å²) >= 11 is 0. The van der Waals surface area contributed by atoms with Gasteiger partial charge in [0.05, 0.1) is 13.0 Å². The Balaban J connectivity index is 1.13. The first-order chi connectivity index (χ1) is 19.4. The third-order valence-electron chi connectivity index (χ3n) is 7.07. The van der Waals surface area contributed by atoms with Crippen molar-refractivity contribution in [1.29, 1.82) is 0 Å². The minimum Gasteiger partial charge on any atom is -0.457 e. The molecular weight excluding hydrogens is 513 g/mol. The van der Waals surface area contributed by atoms with Crippen molar-refractivity contribution in [1.82, 2.24) is 15.1 Å². The Morgan fingerprint density at radius 2 is 1.55 bits per heavy atom. The van der Waals surface area contributed by atoms with Gasteiger partial charge in [-0.2, -0.15) is 0 Å². The van der Waals surface area contributed by atoms with Crippen molar-refractivity contribution in [3.05, 3.63) is 84.7 Å². The lowest BCUT2D eigenvalue weighted by Crippen LogP contribution is -2.60. The molecule has 0 radical (unpaired) electrons. The molecule has 0 spiro atoms. The van der Waals surface area contributed by atoms with Crippen LogP contribution in [0.2, 0.25) is 0 Å². The molecule has 3 amide bonds. The summed E-state index contributed by atoms with van der Waals surface area (Å²) in [5.74, 6) is 0.207. The number of ether oxygens (including phenoxy) is 1. The first-order valence-corrected chi connectivity index (χ1v) is 13.4. The van der Waals surface area contributed by atoms with E-state index in [9.17, 15) is 18.8 Å². The number of para-hydroxylation sites is 1. The summed E-state index contributed by atoms with van der Waals surface area (Å²) in [6.07, 6.45) is -0.141. The van der Waals surface area contributed by atoms with Gasteiger partial charge in [0.15, 0.2) is 0 Å². The minimum absolute atomic E-state index is 0.141. The Hall–Kier alpha value is -4.44. The lowest BCUT2D eigenvalue weighted by atomic mass is 10.1. The van der Waals surface area contributed by atoms with Crippen molar-refractivity contribution in [2.45, 2.75) is 12.5 Å². The van der Waals surface area contributed by atoms with Gasteiger partial charge in [-0.05, 0) is 60.7 Å². The maximum absolute atomic E-state index is 13.2. The third kappa shape index (κ3) is 6.95. The van der Waals surface area contributed by atoms with Crippen LogP contribution in [0.5, 0.6) is 11.5 Å². The zero-order chi connectivity index (χ0) is 27.9. The van der Waals surface area contributed by atoms with Crippen molar-refractivity contribution < 1.29 is 23.5 Å². The fourth-order valence-electron chi connectivity index (χ4n) is 4.93. The number of benzene rings is 3. The van der Waals surface area contributed by atoms with Gasteiger partial charge in [0, 0.05) is 50.6 Å². The van der Waals surface area contributed by atoms with Gasteiger partial charge in [0.25, 0.3) is 0 Å². The van der Waals surface area contributed by atoms with E-state index in [0.717, 1.165) is 5.69 Å². The highest BCUT2D eigenvalue weighted by Crippen LogP contribution is 2.23. The SMILES string of the molecule is O=C(C[C@H]1C(=O)NCCN1C(=O)CN1CCN(c2ccc(F)cc2)CC1)Nc1ccc(Oc2ccccc2)cc1. The van der Waals surface area contributed by atoms with Crippen LogP contribution in [0, 0.1) is 5.82 Å². The van der Waals surface area contributed by atoms with Crippen LogP contribution < -0.4 is 20.3 Å². The number of anilines is 2. The fourth-order valence-corrected chi connectivity index (χ4v) is 4.93. The van der Waals surface area contributed by atoms with Gasteiger partial charge in [0.2, 0.25) is 17.7 Å². The molecule has 2 heterocycles. The quantitative estimate of drug-likeness (QED) is 0.452. The fraction of sp³-hybridized carbons (Fsp3) is 0.300. The van der Waals surface area contributed by atoms with Crippen molar-refractivity contribution in [3.8, 4) is 11.5 Å². The highest BCUT2D eigenvalue weighted by atomic mass is 19.1. The molecule has 2 aliphatic rings. The first-order valence-electron chi connectivity index (χ1n) is 13.4.